The smallest absolute Gasteiger partial charge is 0.252 e. The summed E-state index contributed by atoms with van der Waals surface area (Å²) in [7, 11) is 3.56. The fraction of sp³-hybridized carbons (Fsp3) is 0.429. The normalized spacial score (nSPS) is 11.1. The molecule has 0 aromatic carbocycles. The van der Waals surface area contributed by atoms with Gasteiger partial charge in [0.15, 0.2) is 11.6 Å². The molecule has 0 unspecified atom stereocenters. The standard InChI is InChI=1S/C14H18N8O/c1-9-5-10(2)22-14(16-9)17-11(19-22)6-13(23)20(3)7-12-18-15-8-21(12)4/h5,8H,6-7H2,1-4H3. The summed E-state index contributed by atoms with van der Waals surface area (Å²) in [6.45, 7) is 4.22. The molecular formula is C14H18N8O. The summed E-state index contributed by atoms with van der Waals surface area (Å²) >= 11 is 0. The minimum absolute atomic E-state index is 0.0849. The summed E-state index contributed by atoms with van der Waals surface area (Å²) in [5, 5.41) is 12.1. The van der Waals surface area contributed by atoms with Crippen LogP contribution < -0.4 is 0 Å². The highest BCUT2D eigenvalue weighted by atomic mass is 16.2. The molecule has 0 aliphatic heterocycles. The number of aryl methyl sites for hydroxylation is 3. The highest BCUT2D eigenvalue weighted by molar-refractivity contribution is 5.77. The van der Waals surface area contributed by atoms with E-state index in [1.54, 1.807) is 27.4 Å². The first-order chi connectivity index (χ1) is 10.9. The van der Waals surface area contributed by atoms with Crippen LogP contribution in [0.1, 0.15) is 23.0 Å². The SMILES string of the molecule is Cc1cc(C)n2nc(CC(=O)N(C)Cc3nncn3C)nc2n1. The first-order valence-electron chi connectivity index (χ1n) is 7.21. The van der Waals surface area contributed by atoms with Crippen molar-refractivity contribution in [1.82, 2.24) is 39.2 Å². The third kappa shape index (κ3) is 3.03. The number of hydrogen-bond acceptors (Lipinski definition) is 6. The van der Waals surface area contributed by atoms with Crippen molar-refractivity contribution in [3.8, 4) is 0 Å². The summed E-state index contributed by atoms with van der Waals surface area (Å²) in [4.78, 5) is 22.6. The maximum atomic E-state index is 12.3. The van der Waals surface area contributed by atoms with Crippen molar-refractivity contribution in [2.75, 3.05) is 7.05 Å². The lowest BCUT2D eigenvalue weighted by molar-refractivity contribution is -0.129. The molecule has 23 heavy (non-hydrogen) atoms. The zero-order chi connectivity index (χ0) is 16.6. The topological polar surface area (TPSA) is 94.1 Å². The Kier molecular flexibility index (Phi) is 3.77. The number of fused-ring (bicyclic) bond motifs is 1. The average Bonchev–Trinajstić information content (AvgIpc) is 3.05. The molecular weight excluding hydrogens is 296 g/mol. The Morgan fingerprint density at radius 1 is 1.30 bits per heavy atom. The Morgan fingerprint density at radius 3 is 2.78 bits per heavy atom. The van der Waals surface area contributed by atoms with Crippen molar-refractivity contribution in [2.24, 2.45) is 7.05 Å². The van der Waals surface area contributed by atoms with Crippen LogP contribution in [-0.4, -0.2) is 52.2 Å². The minimum atomic E-state index is -0.0849. The van der Waals surface area contributed by atoms with Crippen LogP contribution in [0.2, 0.25) is 0 Å². The van der Waals surface area contributed by atoms with E-state index in [4.69, 9.17) is 0 Å². The van der Waals surface area contributed by atoms with E-state index in [0.29, 0.717) is 18.1 Å². The second-order valence-corrected chi connectivity index (χ2v) is 5.56. The predicted octanol–water partition coefficient (Wildman–Crippen LogP) is 0.0707. The van der Waals surface area contributed by atoms with E-state index in [-0.39, 0.29) is 12.3 Å². The van der Waals surface area contributed by atoms with E-state index < -0.39 is 0 Å². The lowest BCUT2D eigenvalue weighted by atomic mass is 10.3. The quantitative estimate of drug-likeness (QED) is 0.676. The maximum absolute atomic E-state index is 12.3. The zero-order valence-electron chi connectivity index (χ0n) is 13.6. The zero-order valence-corrected chi connectivity index (χ0v) is 13.6. The van der Waals surface area contributed by atoms with Crippen molar-refractivity contribution in [3.63, 3.8) is 0 Å². The highest BCUT2D eigenvalue weighted by Gasteiger charge is 2.16. The number of amides is 1. The van der Waals surface area contributed by atoms with Crippen LogP contribution in [0.25, 0.3) is 5.78 Å². The first kappa shape index (κ1) is 15.1. The first-order valence-corrected chi connectivity index (χ1v) is 7.21. The molecule has 9 nitrogen and oxygen atoms in total. The van der Waals surface area contributed by atoms with Crippen LogP contribution in [0.5, 0.6) is 0 Å². The van der Waals surface area contributed by atoms with Gasteiger partial charge in [0, 0.05) is 25.5 Å². The van der Waals surface area contributed by atoms with Gasteiger partial charge in [0.25, 0.3) is 5.78 Å². The van der Waals surface area contributed by atoms with Gasteiger partial charge in [0.2, 0.25) is 5.91 Å². The number of hydrogen-bond donors (Lipinski definition) is 0. The number of rotatable bonds is 4. The molecule has 0 radical (unpaired) electrons. The van der Waals surface area contributed by atoms with Crippen LogP contribution in [0.3, 0.4) is 0 Å². The summed E-state index contributed by atoms with van der Waals surface area (Å²) < 4.78 is 3.43. The number of nitrogens with zero attached hydrogens (tertiary/aromatic N) is 8. The van der Waals surface area contributed by atoms with E-state index >= 15 is 0 Å². The minimum Gasteiger partial charge on any atom is -0.338 e. The van der Waals surface area contributed by atoms with Gasteiger partial charge in [-0.1, -0.05) is 0 Å². The van der Waals surface area contributed by atoms with E-state index in [0.717, 1.165) is 17.2 Å². The van der Waals surface area contributed by atoms with Crippen molar-refractivity contribution in [2.45, 2.75) is 26.8 Å². The molecule has 3 aromatic heterocycles. The van der Waals surface area contributed by atoms with Crippen molar-refractivity contribution in [3.05, 3.63) is 35.4 Å². The molecule has 0 bridgehead atoms. The molecule has 0 fully saturated rings. The van der Waals surface area contributed by atoms with Gasteiger partial charge in [-0.15, -0.1) is 15.3 Å². The summed E-state index contributed by atoms with van der Waals surface area (Å²) in [6, 6.07) is 1.92. The Morgan fingerprint density at radius 2 is 2.09 bits per heavy atom. The fourth-order valence-corrected chi connectivity index (χ4v) is 2.30. The van der Waals surface area contributed by atoms with Crippen molar-refractivity contribution >= 4 is 11.7 Å². The van der Waals surface area contributed by atoms with Gasteiger partial charge >= 0.3 is 0 Å². The Labute approximate surface area is 133 Å². The van der Waals surface area contributed by atoms with Gasteiger partial charge in [-0.3, -0.25) is 4.79 Å². The molecule has 0 spiro atoms. The molecule has 0 saturated carbocycles. The monoisotopic (exact) mass is 314 g/mol. The lowest BCUT2D eigenvalue weighted by Crippen LogP contribution is -2.29. The molecule has 0 saturated heterocycles. The van der Waals surface area contributed by atoms with E-state index in [1.165, 1.54) is 0 Å². The van der Waals surface area contributed by atoms with Gasteiger partial charge in [-0.2, -0.15) is 4.98 Å². The molecule has 0 aliphatic rings. The second kappa shape index (κ2) is 5.75. The Hall–Kier alpha value is -2.84. The van der Waals surface area contributed by atoms with E-state index in [2.05, 4.69) is 25.3 Å². The Balaban J connectivity index is 1.75. The molecule has 0 atom stereocenters. The number of likely N-dealkylation sites (N-methyl/N-ethyl adjacent to an activating group) is 1. The van der Waals surface area contributed by atoms with Gasteiger partial charge in [-0.05, 0) is 19.9 Å². The molecule has 9 heteroatoms. The van der Waals surface area contributed by atoms with Gasteiger partial charge in [0.05, 0.1) is 13.0 Å². The maximum Gasteiger partial charge on any atom is 0.252 e. The largest absolute Gasteiger partial charge is 0.338 e. The fourth-order valence-electron chi connectivity index (χ4n) is 2.30. The van der Waals surface area contributed by atoms with Crippen LogP contribution in [0, 0.1) is 13.8 Å². The van der Waals surface area contributed by atoms with Gasteiger partial charge in [-0.25, -0.2) is 9.50 Å². The molecule has 120 valence electrons. The molecule has 3 rings (SSSR count). The third-order valence-corrected chi connectivity index (χ3v) is 3.58. The molecule has 3 heterocycles. The molecule has 0 aliphatic carbocycles. The van der Waals surface area contributed by atoms with Crippen LogP contribution in [-0.2, 0) is 24.8 Å². The third-order valence-electron chi connectivity index (χ3n) is 3.58. The van der Waals surface area contributed by atoms with E-state index in [9.17, 15) is 4.79 Å². The van der Waals surface area contributed by atoms with E-state index in [1.807, 2.05) is 27.0 Å². The Bertz CT molecular complexity index is 865. The number of aromatic nitrogens is 7. The predicted molar refractivity (Wildman–Crippen MR) is 81.4 cm³/mol. The van der Waals surface area contributed by atoms with Crippen LogP contribution >= 0.6 is 0 Å². The highest BCUT2D eigenvalue weighted by Crippen LogP contribution is 2.07. The van der Waals surface area contributed by atoms with Gasteiger partial charge in [0.1, 0.15) is 6.33 Å². The number of carbonyl (C=O) groups excluding carboxylic acids is 1. The summed E-state index contributed by atoms with van der Waals surface area (Å²) in [5.41, 5.74) is 1.81. The average molecular weight is 314 g/mol. The van der Waals surface area contributed by atoms with Gasteiger partial charge < -0.3 is 9.47 Å². The summed E-state index contributed by atoms with van der Waals surface area (Å²) in [6.07, 6.45) is 1.73. The van der Waals surface area contributed by atoms with Crippen molar-refractivity contribution < 1.29 is 4.79 Å². The molecule has 3 aromatic rings. The van der Waals surface area contributed by atoms with Crippen molar-refractivity contribution in [1.29, 1.82) is 0 Å². The second-order valence-electron chi connectivity index (χ2n) is 5.56. The number of carbonyl (C=O) groups is 1. The van der Waals surface area contributed by atoms with Crippen LogP contribution in [0.15, 0.2) is 12.4 Å². The van der Waals surface area contributed by atoms with Crippen LogP contribution in [0.4, 0.5) is 0 Å². The molecule has 0 N–H and O–H groups in total. The molecule has 1 amide bonds. The lowest BCUT2D eigenvalue weighted by Gasteiger charge is -2.15. The summed E-state index contributed by atoms with van der Waals surface area (Å²) in [5.74, 6) is 1.61.